The summed E-state index contributed by atoms with van der Waals surface area (Å²) in [5.74, 6) is 1.46. The first kappa shape index (κ1) is 23.2. The van der Waals surface area contributed by atoms with Gasteiger partial charge in [-0.05, 0) is 67.6 Å². The minimum absolute atomic E-state index is 0.0716. The van der Waals surface area contributed by atoms with Gasteiger partial charge in [-0.25, -0.2) is 4.98 Å². The maximum absolute atomic E-state index is 12.4. The number of carbonyl (C=O) groups is 1. The van der Waals surface area contributed by atoms with Crippen LogP contribution in [-0.4, -0.2) is 27.9 Å². The Morgan fingerprint density at radius 3 is 2.09 bits per heavy atom. The van der Waals surface area contributed by atoms with Gasteiger partial charge in [0.15, 0.2) is 0 Å². The van der Waals surface area contributed by atoms with Crippen LogP contribution in [-0.2, 0) is 0 Å². The highest BCUT2D eigenvalue weighted by Gasteiger charge is 2.10. The fourth-order valence-corrected chi connectivity index (χ4v) is 3.21. The summed E-state index contributed by atoms with van der Waals surface area (Å²) < 4.78 is 5.18. The predicted molar refractivity (Wildman–Crippen MR) is 134 cm³/mol. The number of ether oxygens (including phenoxy) is 1. The molecule has 35 heavy (non-hydrogen) atoms. The van der Waals surface area contributed by atoms with E-state index in [9.17, 15) is 14.9 Å². The van der Waals surface area contributed by atoms with Crippen LogP contribution in [0.5, 0.6) is 5.75 Å². The highest BCUT2D eigenvalue weighted by Crippen LogP contribution is 2.22. The Kier molecular flexibility index (Phi) is 6.82. The molecule has 0 saturated carbocycles. The van der Waals surface area contributed by atoms with Gasteiger partial charge in [-0.15, -0.1) is 0 Å². The van der Waals surface area contributed by atoms with Crippen molar-refractivity contribution in [3.8, 4) is 5.75 Å². The summed E-state index contributed by atoms with van der Waals surface area (Å²) in [6, 6.07) is 21.8. The number of anilines is 5. The third-order valence-electron chi connectivity index (χ3n) is 4.96. The standard InChI is InChI=1S/C25H22N6O4/c1-16-15-23(27-18-9-13-22(35-2)14-10-18)30-25(26-16)29-20-7-5-19(6-8-20)28-24(32)17-3-11-21(12-4-17)31(33)34/h3-15H,1-2H3,(H,28,32)(H2,26,27,29,30). The minimum atomic E-state index is -0.510. The van der Waals surface area contributed by atoms with Gasteiger partial charge in [0.2, 0.25) is 5.95 Å². The van der Waals surface area contributed by atoms with Crippen LogP contribution in [0.3, 0.4) is 0 Å². The molecule has 10 heteroatoms. The van der Waals surface area contributed by atoms with Crippen LogP contribution < -0.4 is 20.7 Å². The molecule has 0 radical (unpaired) electrons. The van der Waals surface area contributed by atoms with E-state index in [1.165, 1.54) is 24.3 Å². The maximum Gasteiger partial charge on any atom is 0.269 e. The van der Waals surface area contributed by atoms with Gasteiger partial charge in [-0.2, -0.15) is 4.98 Å². The molecule has 0 bridgehead atoms. The molecule has 0 spiro atoms. The third-order valence-corrected chi connectivity index (χ3v) is 4.96. The largest absolute Gasteiger partial charge is 0.497 e. The lowest BCUT2D eigenvalue weighted by molar-refractivity contribution is -0.384. The fourth-order valence-electron chi connectivity index (χ4n) is 3.21. The first-order valence-corrected chi connectivity index (χ1v) is 10.6. The monoisotopic (exact) mass is 470 g/mol. The second-order valence-corrected chi connectivity index (χ2v) is 7.53. The molecular weight excluding hydrogens is 448 g/mol. The van der Waals surface area contributed by atoms with Gasteiger partial charge in [0.05, 0.1) is 12.0 Å². The summed E-state index contributed by atoms with van der Waals surface area (Å²) in [7, 11) is 1.62. The second kappa shape index (κ2) is 10.3. The van der Waals surface area contributed by atoms with Crippen LogP contribution in [0, 0.1) is 17.0 Å². The Morgan fingerprint density at radius 1 is 0.857 bits per heavy atom. The quantitative estimate of drug-likeness (QED) is 0.229. The number of hydrogen-bond acceptors (Lipinski definition) is 8. The number of nitro groups is 1. The average Bonchev–Trinajstić information content (AvgIpc) is 2.85. The molecule has 4 rings (SSSR count). The molecule has 0 unspecified atom stereocenters. The van der Waals surface area contributed by atoms with Crippen molar-refractivity contribution < 1.29 is 14.5 Å². The van der Waals surface area contributed by atoms with Crippen LogP contribution in [0.1, 0.15) is 16.1 Å². The molecular formula is C25H22N6O4. The van der Waals surface area contributed by atoms with E-state index in [4.69, 9.17) is 4.74 Å². The molecule has 176 valence electrons. The summed E-state index contributed by atoms with van der Waals surface area (Å²) in [6.07, 6.45) is 0. The molecule has 3 aromatic carbocycles. The van der Waals surface area contributed by atoms with E-state index < -0.39 is 4.92 Å². The Bertz CT molecular complexity index is 1340. The minimum Gasteiger partial charge on any atom is -0.497 e. The highest BCUT2D eigenvalue weighted by molar-refractivity contribution is 6.04. The van der Waals surface area contributed by atoms with E-state index in [2.05, 4.69) is 25.9 Å². The number of benzene rings is 3. The van der Waals surface area contributed by atoms with Crippen molar-refractivity contribution in [3.63, 3.8) is 0 Å². The Hall–Kier alpha value is -4.99. The van der Waals surface area contributed by atoms with Crippen LogP contribution in [0.4, 0.5) is 34.5 Å². The number of nitrogens with zero attached hydrogens (tertiary/aromatic N) is 3. The number of aromatic nitrogens is 2. The van der Waals surface area contributed by atoms with Crippen molar-refractivity contribution in [1.29, 1.82) is 0 Å². The summed E-state index contributed by atoms with van der Waals surface area (Å²) >= 11 is 0. The van der Waals surface area contributed by atoms with E-state index in [0.29, 0.717) is 23.0 Å². The SMILES string of the molecule is COc1ccc(Nc2cc(C)nc(Nc3ccc(NC(=O)c4ccc([N+](=O)[O-])cc4)cc3)n2)cc1. The van der Waals surface area contributed by atoms with Crippen molar-refractivity contribution in [3.05, 3.63) is 100 Å². The van der Waals surface area contributed by atoms with E-state index in [0.717, 1.165) is 22.8 Å². The molecule has 1 aromatic heterocycles. The third kappa shape index (κ3) is 6.08. The molecule has 0 aliphatic heterocycles. The lowest BCUT2D eigenvalue weighted by Crippen LogP contribution is -2.11. The van der Waals surface area contributed by atoms with Crippen molar-refractivity contribution in [2.45, 2.75) is 6.92 Å². The summed E-state index contributed by atoms with van der Waals surface area (Å²) in [6.45, 7) is 1.88. The van der Waals surface area contributed by atoms with Crippen LogP contribution in [0.25, 0.3) is 0 Å². The van der Waals surface area contributed by atoms with Crippen LogP contribution in [0.15, 0.2) is 78.9 Å². The van der Waals surface area contributed by atoms with Crippen LogP contribution in [0.2, 0.25) is 0 Å². The topological polar surface area (TPSA) is 131 Å². The highest BCUT2D eigenvalue weighted by atomic mass is 16.6. The van der Waals surface area contributed by atoms with Gasteiger partial charge in [-0.1, -0.05) is 0 Å². The first-order chi connectivity index (χ1) is 16.9. The number of carbonyl (C=O) groups excluding carboxylic acids is 1. The Balaban J connectivity index is 1.40. The molecule has 1 amide bonds. The summed E-state index contributed by atoms with van der Waals surface area (Å²) in [5.41, 5.74) is 3.21. The number of methoxy groups -OCH3 is 1. The van der Waals surface area contributed by atoms with Gasteiger partial charge >= 0.3 is 0 Å². The first-order valence-electron chi connectivity index (χ1n) is 10.6. The lowest BCUT2D eigenvalue weighted by Gasteiger charge is -2.11. The van der Waals surface area contributed by atoms with Gasteiger partial charge in [0, 0.05) is 46.5 Å². The number of aryl methyl sites for hydroxylation is 1. The predicted octanol–water partition coefficient (Wildman–Crippen LogP) is 5.44. The fraction of sp³-hybridized carbons (Fsp3) is 0.0800. The zero-order valence-corrected chi connectivity index (χ0v) is 19.0. The number of nitro benzene ring substituents is 1. The zero-order chi connectivity index (χ0) is 24.8. The van der Waals surface area contributed by atoms with Crippen molar-refractivity contribution in [2.24, 2.45) is 0 Å². The van der Waals surface area contributed by atoms with Gasteiger partial charge in [0.25, 0.3) is 11.6 Å². The van der Waals surface area contributed by atoms with E-state index >= 15 is 0 Å². The van der Waals surface area contributed by atoms with Crippen molar-refractivity contribution in [1.82, 2.24) is 9.97 Å². The lowest BCUT2D eigenvalue weighted by atomic mass is 10.2. The molecule has 0 aliphatic rings. The molecule has 0 atom stereocenters. The zero-order valence-electron chi connectivity index (χ0n) is 19.0. The summed E-state index contributed by atoms with van der Waals surface area (Å²) in [5, 5.41) is 19.9. The normalized spacial score (nSPS) is 10.3. The smallest absolute Gasteiger partial charge is 0.269 e. The number of amides is 1. The average molecular weight is 470 g/mol. The number of non-ortho nitro benzene ring substituents is 1. The number of rotatable bonds is 8. The molecule has 4 aromatic rings. The van der Waals surface area contributed by atoms with Crippen molar-refractivity contribution >= 4 is 40.4 Å². The molecule has 0 aliphatic carbocycles. The molecule has 0 saturated heterocycles. The summed E-state index contributed by atoms with van der Waals surface area (Å²) in [4.78, 5) is 31.6. The van der Waals surface area contributed by atoms with E-state index in [1.54, 1.807) is 31.4 Å². The molecule has 3 N–H and O–H groups in total. The van der Waals surface area contributed by atoms with E-state index in [-0.39, 0.29) is 11.6 Å². The van der Waals surface area contributed by atoms with E-state index in [1.807, 2.05) is 37.3 Å². The molecule has 1 heterocycles. The Morgan fingerprint density at radius 2 is 1.46 bits per heavy atom. The Labute approximate surface area is 201 Å². The number of hydrogen-bond donors (Lipinski definition) is 3. The van der Waals surface area contributed by atoms with Crippen molar-refractivity contribution in [2.75, 3.05) is 23.1 Å². The second-order valence-electron chi connectivity index (χ2n) is 7.53. The molecule has 10 nitrogen and oxygen atoms in total. The molecule has 0 fully saturated rings. The number of nitrogens with one attached hydrogen (secondary N) is 3. The maximum atomic E-state index is 12.4. The van der Waals surface area contributed by atoms with Gasteiger partial charge in [-0.3, -0.25) is 14.9 Å². The van der Waals surface area contributed by atoms with Gasteiger partial charge in [0.1, 0.15) is 11.6 Å². The van der Waals surface area contributed by atoms with Crippen LogP contribution >= 0.6 is 0 Å². The van der Waals surface area contributed by atoms with Gasteiger partial charge < -0.3 is 20.7 Å².